The van der Waals surface area contributed by atoms with Gasteiger partial charge in [-0.3, -0.25) is 0 Å². The molecule has 0 aliphatic carbocycles. The first kappa shape index (κ1) is 63.7. The van der Waals surface area contributed by atoms with Crippen molar-refractivity contribution in [1.82, 2.24) is 0 Å². The molecule has 16 bridgehead atoms. The van der Waals surface area contributed by atoms with Crippen molar-refractivity contribution in [2.75, 3.05) is 19.6 Å². The fourth-order valence-electron chi connectivity index (χ4n) is 15.1. The minimum absolute atomic E-state index is 0.233. The van der Waals surface area contributed by atoms with Crippen molar-refractivity contribution in [2.24, 2.45) is 0 Å². The third-order valence-electron chi connectivity index (χ3n) is 20.5. The van der Waals surface area contributed by atoms with E-state index in [1.165, 1.54) is 120 Å². The number of para-hydroxylation sites is 4. The second-order valence-electron chi connectivity index (χ2n) is 33.8. The minimum atomic E-state index is -1.42. The van der Waals surface area contributed by atoms with Gasteiger partial charge in [0, 0.05) is 0 Å². The summed E-state index contributed by atoms with van der Waals surface area (Å²) in [6, 6.07) is 77.3. The zero-order valence-electron chi connectivity index (χ0n) is 59.8. The standard InChI is InChI=1S/C90H94N4O.Pt/c1-85(2,3)65-47-67-51-69(49-65)95-70-50-66(86(4,5)6)48-68(52-70)92-56-94(78-26-22-20-24-76(78)92)84-81-63-43-35-59(36-44-63)29-27-57-31-39-61(40-32-57)79-71(87(7,8)9)53-72(88(10,11)12)80(83(79)93-55-91(67)75-23-19-21-25-77(75)93)62-41-33-58(34-42-62)28-30-60-37-45-64(46-38-60)82(84)74(90(16,17)18)54-73(81)89(13,14)15;/h19-26,31-54H,27-30H2,1-18H3;. The van der Waals surface area contributed by atoms with E-state index in [0.717, 1.165) is 71.3 Å². The summed E-state index contributed by atoms with van der Waals surface area (Å²) in [5.41, 5.74) is 30.6. The summed E-state index contributed by atoms with van der Waals surface area (Å²) >= 11 is -1.42. The Morgan fingerprint density at radius 3 is 0.792 bits per heavy atom. The Balaban J connectivity index is 1.27. The number of rotatable bonds is 0. The molecule has 0 radical (unpaired) electrons. The van der Waals surface area contributed by atoms with Crippen molar-refractivity contribution in [3.8, 4) is 56.0 Å². The van der Waals surface area contributed by atoms with Crippen molar-refractivity contribution in [3.63, 3.8) is 0 Å². The zero-order chi connectivity index (χ0) is 67.5. The van der Waals surface area contributed by atoms with E-state index in [9.17, 15) is 0 Å². The third-order valence-corrected chi connectivity index (χ3v) is 23.5. The van der Waals surface area contributed by atoms with Gasteiger partial charge in [-0.15, -0.1) is 0 Å². The molecule has 0 fully saturated rings. The summed E-state index contributed by atoms with van der Waals surface area (Å²) in [6.07, 6.45) is 3.69. The van der Waals surface area contributed by atoms with E-state index in [-0.39, 0.29) is 32.5 Å². The number of hydrogen-bond acceptors (Lipinski definition) is 5. The molecule has 0 spiro atoms. The van der Waals surface area contributed by atoms with Crippen LogP contribution in [-0.2, 0) is 75.8 Å². The fourth-order valence-corrected chi connectivity index (χ4v) is 18.8. The van der Waals surface area contributed by atoms with Crippen LogP contribution in [0.1, 0.15) is 180 Å². The molecular formula is C90H94N4OPt. The molecule has 0 saturated carbocycles. The molecule has 0 atom stereocenters. The van der Waals surface area contributed by atoms with E-state index in [4.69, 9.17) is 4.74 Å². The van der Waals surface area contributed by atoms with Gasteiger partial charge in [0.25, 0.3) is 0 Å². The molecule has 9 aliphatic heterocycles. The van der Waals surface area contributed by atoms with Crippen LogP contribution < -0.4 is 24.3 Å². The van der Waals surface area contributed by atoms with E-state index < -0.39 is 17.6 Å². The van der Waals surface area contributed by atoms with E-state index in [1.807, 2.05) is 0 Å². The Morgan fingerprint density at radius 2 is 0.542 bits per heavy atom. The molecule has 0 saturated heterocycles. The average molecular weight is 1440 g/mol. The van der Waals surface area contributed by atoms with Gasteiger partial charge in [0.15, 0.2) is 0 Å². The van der Waals surface area contributed by atoms with E-state index in [1.54, 1.807) is 0 Å². The molecule has 5 nitrogen and oxygen atoms in total. The van der Waals surface area contributed by atoms with E-state index in [2.05, 4.69) is 338 Å². The van der Waals surface area contributed by atoms with Crippen LogP contribution in [0.3, 0.4) is 0 Å². The SMILES string of the molecule is CC(C)(C)c1cc2cc(c1)N1[C]3=[Pt]=[C]4N(c5cc(cc(C(C)(C)C)c5)O2)c2ccccc2N4c2c4c(C(C)(C)C)cc(C(C)(C)C)c2-c2ccc(cc2)CCc2ccc(cc2)-c2c(C(C)(C)C)cc(C(C)(C)C)c(c2N3c2ccccc21)-c1ccc(cc1)CCc1ccc-4cc1. The van der Waals surface area contributed by atoms with Gasteiger partial charge < -0.3 is 0 Å². The van der Waals surface area contributed by atoms with Crippen LogP contribution in [0, 0.1) is 0 Å². The molecule has 10 aromatic rings. The monoisotopic (exact) mass is 1440 g/mol. The molecule has 0 unspecified atom stereocenters. The van der Waals surface area contributed by atoms with Gasteiger partial charge in [-0.2, -0.15) is 0 Å². The summed E-state index contributed by atoms with van der Waals surface area (Å²) in [6.45, 7) is 43.3. The maximum atomic E-state index is 7.58. The number of aryl methyl sites for hydroxylation is 4. The second kappa shape index (κ2) is 22.6. The quantitative estimate of drug-likeness (QED) is 0.150. The summed E-state index contributed by atoms with van der Waals surface area (Å²) in [5, 5.41) is 0. The molecule has 490 valence electrons. The first-order chi connectivity index (χ1) is 45.4. The van der Waals surface area contributed by atoms with Crippen LogP contribution in [0.2, 0.25) is 0 Å². The maximum absolute atomic E-state index is 7.58. The van der Waals surface area contributed by atoms with E-state index in [0.29, 0.717) is 0 Å². The Labute approximate surface area is 580 Å². The van der Waals surface area contributed by atoms with E-state index >= 15 is 0 Å². The molecule has 19 rings (SSSR count). The summed E-state index contributed by atoms with van der Waals surface area (Å²) in [4.78, 5) is 11.0. The van der Waals surface area contributed by atoms with Gasteiger partial charge in [-0.05, 0) is 0 Å². The molecular weight excluding hydrogens is 1350 g/mol. The van der Waals surface area contributed by atoms with Crippen LogP contribution in [0.15, 0.2) is 194 Å². The van der Waals surface area contributed by atoms with Crippen LogP contribution >= 0.6 is 0 Å². The predicted octanol–water partition coefficient (Wildman–Crippen LogP) is 24.0. The Hall–Kier alpha value is -8.37. The number of hydrogen-bond donors (Lipinski definition) is 0. The summed E-state index contributed by atoms with van der Waals surface area (Å²) in [5.74, 6) is 1.63. The topological polar surface area (TPSA) is 22.2 Å². The summed E-state index contributed by atoms with van der Waals surface area (Å²) < 4.78 is 10.0. The van der Waals surface area contributed by atoms with Crippen molar-refractivity contribution in [2.45, 2.75) is 183 Å². The molecule has 9 aliphatic rings. The van der Waals surface area contributed by atoms with Crippen LogP contribution in [0.25, 0.3) is 44.5 Å². The number of nitrogens with zero attached hydrogens (tertiary/aromatic N) is 4. The van der Waals surface area contributed by atoms with Crippen LogP contribution in [-0.4, -0.2) is 8.29 Å². The van der Waals surface area contributed by atoms with Crippen molar-refractivity contribution < 1.29 is 22.4 Å². The van der Waals surface area contributed by atoms with Gasteiger partial charge >= 0.3 is 584 Å². The molecule has 0 amide bonds. The number of benzene rings is 10. The Kier molecular flexibility index (Phi) is 15.0. The van der Waals surface area contributed by atoms with Gasteiger partial charge in [0.2, 0.25) is 0 Å². The molecule has 96 heavy (non-hydrogen) atoms. The van der Waals surface area contributed by atoms with Gasteiger partial charge in [-0.25, -0.2) is 0 Å². The number of anilines is 8. The number of ether oxygens (including phenoxy) is 1. The summed E-state index contributed by atoms with van der Waals surface area (Å²) in [7, 11) is 0. The van der Waals surface area contributed by atoms with Gasteiger partial charge in [0.1, 0.15) is 0 Å². The molecule has 9 heterocycles. The molecule has 0 N–H and O–H groups in total. The van der Waals surface area contributed by atoms with Crippen LogP contribution in [0.5, 0.6) is 11.5 Å². The van der Waals surface area contributed by atoms with Crippen LogP contribution in [0.4, 0.5) is 45.5 Å². The van der Waals surface area contributed by atoms with Crippen molar-refractivity contribution >= 4 is 53.8 Å². The van der Waals surface area contributed by atoms with Gasteiger partial charge in [0.05, 0.1) is 0 Å². The Morgan fingerprint density at radius 1 is 0.281 bits per heavy atom. The fraction of sp³-hybridized carbons (Fsp3) is 0.311. The first-order valence-corrected chi connectivity index (χ1v) is 37.2. The predicted molar refractivity (Wildman–Crippen MR) is 406 cm³/mol. The van der Waals surface area contributed by atoms with Gasteiger partial charge in [-0.1, -0.05) is 0 Å². The average Bonchev–Trinajstić information content (AvgIpc) is 1.47. The first-order valence-electron chi connectivity index (χ1n) is 34.9. The third kappa shape index (κ3) is 11.0. The normalized spacial score (nSPS) is 15.2. The number of fused-ring (bicyclic) bond motifs is 14. The molecule has 6 heteroatoms. The second-order valence-corrected chi connectivity index (χ2v) is 36.4. The zero-order valence-corrected chi connectivity index (χ0v) is 62.1. The Bertz CT molecular complexity index is 4390. The molecule has 10 aromatic carbocycles. The van der Waals surface area contributed by atoms with Crippen molar-refractivity contribution in [3.05, 3.63) is 250 Å². The molecule has 0 aromatic heterocycles. The van der Waals surface area contributed by atoms with Crippen molar-refractivity contribution in [1.29, 1.82) is 0 Å².